The maximum absolute atomic E-state index is 12.4. The molecule has 0 saturated heterocycles. The van der Waals surface area contributed by atoms with Gasteiger partial charge in [0.05, 0.1) is 29.0 Å². The van der Waals surface area contributed by atoms with E-state index in [1.807, 2.05) is 30.3 Å². The molecular formula is C20H19N5O3S. The van der Waals surface area contributed by atoms with Gasteiger partial charge in [0, 0.05) is 31.4 Å². The van der Waals surface area contributed by atoms with Gasteiger partial charge in [0.1, 0.15) is 0 Å². The third-order valence-corrected chi connectivity index (χ3v) is 5.64. The third kappa shape index (κ3) is 3.95. The summed E-state index contributed by atoms with van der Waals surface area (Å²) >= 11 is 0. The van der Waals surface area contributed by atoms with Crippen LogP contribution in [-0.2, 0) is 14.8 Å². The average molecular weight is 409 g/mol. The minimum Gasteiger partial charge on any atom is -0.326 e. The van der Waals surface area contributed by atoms with Gasteiger partial charge in [-0.25, -0.2) is 8.42 Å². The molecule has 0 fully saturated rings. The van der Waals surface area contributed by atoms with Crippen molar-refractivity contribution >= 4 is 38.4 Å². The summed E-state index contributed by atoms with van der Waals surface area (Å²) in [5, 5.41) is 7.11. The Morgan fingerprint density at radius 1 is 1.07 bits per heavy atom. The smallest absolute Gasteiger partial charge is 0.247 e. The summed E-state index contributed by atoms with van der Waals surface area (Å²) < 4.78 is 25.9. The average Bonchev–Trinajstić information content (AvgIpc) is 3.14. The molecular weight excluding hydrogens is 390 g/mol. The molecule has 0 unspecified atom stereocenters. The zero-order valence-electron chi connectivity index (χ0n) is 15.9. The molecule has 1 atom stereocenters. The van der Waals surface area contributed by atoms with Crippen molar-refractivity contribution in [2.24, 2.45) is 5.10 Å². The summed E-state index contributed by atoms with van der Waals surface area (Å²) in [5.41, 5.74) is 4.38. The molecule has 148 valence electrons. The number of anilines is 1. The molecule has 8 nitrogen and oxygen atoms in total. The molecule has 0 aliphatic carbocycles. The molecule has 1 aromatic heterocycles. The van der Waals surface area contributed by atoms with Crippen LogP contribution >= 0.6 is 0 Å². The molecule has 2 heterocycles. The van der Waals surface area contributed by atoms with E-state index in [4.69, 9.17) is 0 Å². The van der Waals surface area contributed by atoms with E-state index in [0.29, 0.717) is 23.3 Å². The van der Waals surface area contributed by atoms with Gasteiger partial charge in [-0.2, -0.15) is 9.52 Å². The summed E-state index contributed by atoms with van der Waals surface area (Å²) in [6.07, 6.45) is 4.80. The van der Waals surface area contributed by atoms with E-state index in [2.05, 4.69) is 20.4 Å². The minimum absolute atomic E-state index is 0.154. The number of nitrogens with one attached hydrogen (secondary N) is 1. The Morgan fingerprint density at radius 2 is 1.76 bits per heavy atom. The summed E-state index contributed by atoms with van der Waals surface area (Å²) in [7, 11) is -3.57. The normalized spacial score (nSPS) is 16.7. The Bertz CT molecular complexity index is 1220. The second kappa shape index (κ2) is 7.25. The van der Waals surface area contributed by atoms with E-state index in [1.54, 1.807) is 24.5 Å². The van der Waals surface area contributed by atoms with Gasteiger partial charge in [0.15, 0.2) is 0 Å². The number of carbonyl (C=O) groups is 1. The minimum atomic E-state index is -3.57. The molecule has 1 aliphatic heterocycles. The summed E-state index contributed by atoms with van der Waals surface area (Å²) in [4.78, 5) is 19.7. The SMILES string of the molecule is CC(=O)Nc1ccc(C2=NN(S(C)(=O)=O)[C@@H](c3ccc4nccnc4c3)C2)cc1. The van der Waals surface area contributed by atoms with Gasteiger partial charge in [-0.1, -0.05) is 18.2 Å². The first kappa shape index (κ1) is 19.0. The second-order valence-corrected chi connectivity index (χ2v) is 8.71. The number of amides is 1. The zero-order valence-corrected chi connectivity index (χ0v) is 16.7. The van der Waals surface area contributed by atoms with Gasteiger partial charge < -0.3 is 5.32 Å². The Morgan fingerprint density at radius 3 is 2.41 bits per heavy atom. The first-order valence-corrected chi connectivity index (χ1v) is 10.8. The van der Waals surface area contributed by atoms with Gasteiger partial charge in [0.25, 0.3) is 0 Å². The number of benzene rings is 2. The zero-order chi connectivity index (χ0) is 20.6. The van der Waals surface area contributed by atoms with Crippen molar-refractivity contribution in [1.82, 2.24) is 14.4 Å². The van der Waals surface area contributed by atoms with Crippen LogP contribution in [0.4, 0.5) is 5.69 Å². The number of nitrogens with zero attached hydrogens (tertiary/aromatic N) is 4. The van der Waals surface area contributed by atoms with Crippen LogP contribution in [0, 0.1) is 0 Å². The van der Waals surface area contributed by atoms with Crippen LogP contribution in [0.1, 0.15) is 30.5 Å². The predicted octanol–water partition coefficient (Wildman–Crippen LogP) is 2.70. The fourth-order valence-electron chi connectivity index (χ4n) is 3.35. The molecule has 1 aliphatic rings. The molecule has 29 heavy (non-hydrogen) atoms. The highest BCUT2D eigenvalue weighted by Crippen LogP contribution is 2.35. The highest BCUT2D eigenvalue weighted by atomic mass is 32.2. The van der Waals surface area contributed by atoms with E-state index in [9.17, 15) is 13.2 Å². The number of hydrogen-bond acceptors (Lipinski definition) is 6. The summed E-state index contributed by atoms with van der Waals surface area (Å²) in [5.74, 6) is -0.154. The van der Waals surface area contributed by atoms with Crippen molar-refractivity contribution in [1.29, 1.82) is 0 Å². The molecule has 0 bridgehead atoms. The van der Waals surface area contributed by atoms with Crippen molar-refractivity contribution in [2.75, 3.05) is 11.6 Å². The fraction of sp³-hybridized carbons (Fsp3) is 0.200. The maximum atomic E-state index is 12.4. The number of sulfonamides is 1. The molecule has 1 amide bonds. The highest BCUT2D eigenvalue weighted by Gasteiger charge is 2.34. The van der Waals surface area contributed by atoms with Crippen molar-refractivity contribution in [2.45, 2.75) is 19.4 Å². The molecule has 1 N–H and O–H groups in total. The number of fused-ring (bicyclic) bond motifs is 1. The number of hydrogen-bond donors (Lipinski definition) is 1. The summed E-state index contributed by atoms with van der Waals surface area (Å²) in [6, 6.07) is 12.3. The van der Waals surface area contributed by atoms with Gasteiger partial charge in [0.2, 0.25) is 15.9 Å². The second-order valence-electron chi connectivity index (χ2n) is 6.87. The van der Waals surface area contributed by atoms with Gasteiger partial charge in [-0.3, -0.25) is 14.8 Å². The van der Waals surface area contributed by atoms with Crippen LogP contribution in [0.25, 0.3) is 11.0 Å². The lowest BCUT2D eigenvalue weighted by Gasteiger charge is -2.21. The number of rotatable bonds is 4. The molecule has 9 heteroatoms. The van der Waals surface area contributed by atoms with Crippen molar-refractivity contribution in [3.05, 3.63) is 66.0 Å². The van der Waals surface area contributed by atoms with Gasteiger partial charge in [-0.05, 0) is 35.4 Å². The molecule has 0 spiro atoms. The number of carbonyl (C=O) groups excluding carboxylic acids is 1. The predicted molar refractivity (Wildman–Crippen MR) is 111 cm³/mol. The van der Waals surface area contributed by atoms with Crippen LogP contribution in [0.2, 0.25) is 0 Å². The van der Waals surface area contributed by atoms with Crippen LogP contribution in [-0.4, -0.2) is 40.7 Å². The summed E-state index contributed by atoms with van der Waals surface area (Å²) in [6.45, 7) is 1.44. The van der Waals surface area contributed by atoms with E-state index in [-0.39, 0.29) is 5.91 Å². The quantitative estimate of drug-likeness (QED) is 0.713. The Hall–Kier alpha value is -3.33. The van der Waals surface area contributed by atoms with E-state index < -0.39 is 16.1 Å². The first-order valence-electron chi connectivity index (χ1n) is 8.97. The fourth-order valence-corrected chi connectivity index (χ4v) is 4.26. The van der Waals surface area contributed by atoms with Gasteiger partial charge >= 0.3 is 0 Å². The van der Waals surface area contributed by atoms with Crippen LogP contribution < -0.4 is 5.32 Å². The lowest BCUT2D eigenvalue weighted by Crippen LogP contribution is -2.25. The molecule has 2 aromatic carbocycles. The van der Waals surface area contributed by atoms with E-state index in [1.165, 1.54) is 6.92 Å². The van der Waals surface area contributed by atoms with E-state index in [0.717, 1.165) is 27.3 Å². The van der Waals surface area contributed by atoms with Crippen LogP contribution in [0.5, 0.6) is 0 Å². The lowest BCUT2D eigenvalue weighted by molar-refractivity contribution is -0.114. The maximum Gasteiger partial charge on any atom is 0.247 e. The van der Waals surface area contributed by atoms with E-state index >= 15 is 0 Å². The Kier molecular flexibility index (Phi) is 4.75. The highest BCUT2D eigenvalue weighted by molar-refractivity contribution is 7.88. The number of hydrazone groups is 1. The lowest BCUT2D eigenvalue weighted by atomic mass is 9.98. The van der Waals surface area contributed by atoms with Crippen LogP contribution in [0.3, 0.4) is 0 Å². The Balaban J connectivity index is 1.68. The number of aromatic nitrogens is 2. The van der Waals surface area contributed by atoms with Crippen molar-refractivity contribution in [3.8, 4) is 0 Å². The molecule has 0 saturated carbocycles. The van der Waals surface area contributed by atoms with Gasteiger partial charge in [-0.15, -0.1) is 0 Å². The topological polar surface area (TPSA) is 105 Å². The molecule has 3 aromatic rings. The van der Waals surface area contributed by atoms with Crippen molar-refractivity contribution in [3.63, 3.8) is 0 Å². The molecule has 4 rings (SSSR count). The first-order chi connectivity index (χ1) is 13.8. The van der Waals surface area contributed by atoms with Crippen molar-refractivity contribution < 1.29 is 13.2 Å². The standard InChI is InChI=1S/C20H19N5O3S/c1-13(26)23-16-6-3-14(4-7-16)18-12-20(25(24-18)29(2,27)28)15-5-8-17-19(11-15)22-10-9-21-17/h3-11,20H,12H2,1-2H3,(H,23,26)/t20-/m1/s1. The third-order valence-electron chi connectivity index (χ3n) is 4.63. The van der Waals surface area contributed by atoms with Crippen LogP contribution in [0.15, 0.2) is 60.0 Å². The largest absolute Gasteiger partial charge is 0.326 e. The molecule has 0 radical (unpaired) electrons. The Labute approximate surface area is 168 Å². The monoisotopic (exact) mass is 409 g/mol.